The van der Waals surface area contributed by atoms with Gasteiger partial charge in [0.25, 0.3) is 0 Å². The van der Waals surface area contributed by atoms with E-state index in [4.69, 9.17) is 9.47 Å². The molecule has 22 heavy (non-hydrogen) atoms. The van der Waals surface area contributed by atoms with Crippen LogP contribution in [0.4, 0.5) is 0 Å². The number of benzene rings is 2. The van der Waals surface area contributed by atoms with Gasteiger partial charge in [-0.05, 0) is 0 Å². The molecule has 0 spiro atoms. The normalized spacial score (nSPS) is 13.6. The van der Waals surface area contributed by atoms with Crippen LogP contribution in [-0.2, 0) is 4.74 Å². The first-order chi connectivity index (χ1) is 10.7. The first-order valence-electron chi connectivity index (χ1n) is 7.22. The van der Waals surface area contributed by atoms with Crippen LogP contribution in [-0.4, -0.2) is 34.3 Å². The van der Waals surface area contributed by atoms with Crippen LogP contribution in [0.15, 0.2) is 48.5 Å². The van der Waals surface area contributed by atoms with E-state index < -0.39 is 6.10 Å². The Kier molecular flexibility index (Phi) is 6.47. The first kappa shape index (κ1) is 17.0. The molecule has 0 radical (unpaired) electrons. The van der Waals surface area contributed by atoms with Gasteiger partial charge in [0.2, 0.25) is 0 Å². The van der Waals surface area contributed by atoms with Crippen molar-refractivity contribution < 1.29 is 14.6 Å². The number of hydrogen-bond donors (Lipinski definition) is 1. The summed E-state index contributed by atoms with van der Waals surface area (Å²) < 4.78 is 12.2. The second-order valence-corrected chi connectivity index (χ2v) is 7.16. The second kappa shape index (κ2) is 8.35. The van der Waals surface area contributed by atoms with E-state index in [0.29, 0.717) is 0 Å². The predicted molar refractivity (Wildman–Crippen MR) is 90.0 cm³/mol. The van der Waals surface area contributed by atoms with Crippen LogP contribution >= 0.6 is 0 Å². The van der Waals surface area contributed by atoms with E-state index in [2.05, 4.69) is 12.1 Å². The topological polar surface area (TPSA) is 38.7 Å². The molecule has 3 nitrogen and oxygen atoms in total. The van der Waals surface area contributed by atoms with Gasteiger partial charge in [-0.25, -0.2) is 0 Å². The first-order valence-corrected chi connectivity index (χ1v) is 9.29. The Morgan fingerprint density at radius 1 is 1.05 bits per heavy atom. The summed E-state index contributed by atoms with van der Waals surface area (Å²) in [7, 11) is 3.41. The van der Waals surface area contributed by atoms with Crippen molar-refractivity contribution in [1.82, 2.24) is 0 Å². The van der Waals surface area contributed by atoms with Crippen LogP contribution in [0.2, 0.25) is 5.32 Å². The van der Waals surface area contributed by atoms with Crippen molar-refractivity contribution in [2.45, 2.75) is 24.5 Å². The Morgan fingerprint density at radius 3 is 2.36 bits per heavy atom. The average molecular weight is 365 g/mol. The molecule has 0 aliphatic carbocycles. The maximum atomic E-state index is 9.99. The molecule has 0 fully saturated rings. The molecular formula is C18H22O3Se. The molecule has 1 N–H and O–H groups in total. The molecule has 2 aromatic carbocycles. The van der Waals surface area contributed by atoms with E-state index in [-0.39, 0.29) is 21.1 Å². The van der Waals surface area contributed by atoms with Gasteiger partial charge in [0.15, 0.2) is 0 Å². The Morgan fingerprint density at radius 2 is 1.77 bits per heavy atom. The molecular weight excluding hydrogens is 343 g/mol. The van der Waals surface area contributed by atoms with Gasteiger partial charge in [-0.2, -0.15) is 0 Å². The van der Waals surface area contributed by atoms with Gasteiger partial charge in [0.1, 0.15) is 0 Å². The summed E-state index contributed by atoms with van der Waals surface area (Å²) in [6, 6.07) is 16.1. The third-order valence-electron chi connectivity index (χ3n) is 3.51. The summed E-state index contributed by atoms with van der Waals surface area (Å²) in [5, 5.41) is 10.9. The standard InChI is InChI=1S/C18H22O3Se/c1-13(19)15-10-7-11-16(20-2)18(15)22-12-17(21-3)14-8-5-4-6-9-14/h4-11,13,17,19H,12H2,1-3H3/t13-,17+/m0/s1. The van der Waals surface area contributed by atoms with Crippen LogP contribution in [0.1, 0.15) is 30.3 Å². The summed E-state index contributed by atoms with van der Waals surface area (Å²) in [6.07, 6.45) is -0.433. The number of rotatable bonds is 7. The zero-order chi connectivity index (χ0) is 15.9. The van der Waals surface area contributed by atoms with E-state index in [1.54, 1.807) is 21.1 Å². The molecule has 0 heterocycles. The molecule has 2 rings (SSSR count). The molecule has 0 aliphatic heterocycles. The van der Waals surface area contributed by atoms with Crippen LogP contribution in [0.3, 0.4) is 0 Å². The Bertz CT molecular complexity index is 584. The molecule has 4 heteroatoms. The van der Waals surface area contributed by atoms with Gasteiger partial charge < -0.3 is 0 Å². The third kappa shape index (κ3) is 4.11. The summed E-state index contributed by atoms with van der Waals surface area (Å²) in [5.41, 5.74) is 2.13. The number of aliphatic hydroxyl groups is 1. The zero-order valence-electron chi connectivity index (χ0n) is 13.2. The molecule has 0 aromatic heterocycles. The minimum atomic E-state index is -0.496. The van der Waals surface area contributed by atoms with E-state index in [1.165, 1.54) is 5.56 Å². The van der Waals surface area contributed by atoms with Gasteiger partial charge in [0, 0.05) is 0 Å². The van der Waals surface area contributed by atoms with Gasteiger partial charge in [-0.1, -0.05) is 0 Å². The van der Waals surface area contributed by atoms with Crippen molar-refractivity contribution >= 4 is 19.4 Å². The van der Waals surface area contributed by atoms with Crippen LogP contribution in [0.5, 0.6) is 5.75 Å². The molecule has 0 saturated carbocycles. The van der Waals surface area contributed by atoms with Crippen molar-refractivity contribution in [3.05, 3.63) is 59.7 Å². The Labute approximate surface area is 138 Å². The van der Waals surface area contributed by atoms with E-state index >= 15 is 0 Å². The van der Waals surface area contributed by atoms with Crippen molar-refractivity contribution in [2.75, 3.05) is 14.2 Å². The second-order valence-electron chi connectivity index (χ2n) is 5.00. The van der Waals surface area contributed by atoms with Crippen LogP contribution < -0.4 is 9.20 Å². The van der Waals surface area contributed by atoms with Gasteiger partial charge in [0.05, 0.1) is 0 Å². The molecule has 118 valence electrons. The molecule has 0 saturated heterocycles. The molecule has 0 amide bonds. The van der Waals surface area contributed by atoms with Crippen molar-refractivity contribution in [3.63, 3.8) is 0 Å². The molecule has 2 atom stereocenters. The van der Waals surface area contributed by atoms with E-state index in [9.17, 15) is 5.11 Å². The number of hydrogen-bond acceptors (Lipinski definition) is 3. The molecule has 0 bridgehead atoms. The average Bonchev–Trinajstić information content (AvgIpc) is 2.56. The summed E-state index contributed by atoms with van der Waals surface area (Å²) in [6.45, 7) is 1.79. The summed E-state index contributed by atoms with van der Waals surface area (Å²) >= 11 is 0.148. The predicted octanol–water partition coefficient (Wildman–Crippen LogP) is 2.88. The fourth-order valence-electron chi connectivity index (χ4n) is 2.30. The SMILES string of the molecule is COc1cccc([C@H](C)O)c1[Se]C[C@@H](OC)c1ccccc1. The fraction of sp³-hybridized carbons (Fsp3) is 0.333. The molecule has 0 aliphatic rings. The number of methoxy groups -OCH3 is 2. The monoisotopic (exact) mass is 366 g/mol. The van der Waals surface area contributed by atoms with Gasteiger partial charge in [-0.3, -0.25) is 0 Å². The van der Waals surface area contributed by atoms with E-state index in [1.807, 2.05) is 36.4 Å². The number of ether oxygens (including phenoxy) is 2. The molecule has 0 unspecified atom stereocenters. The van der Waals surface area contributed by atoms with E-state index in [0.717, 1.165) is 21.1 Å². The Hall–Kier alpha value is -1.32. The zero-order valence-corrected chi connectivity index (χ0v) is 14.9. The van der Waals surface area contributed by atoms with Crippen LogP contribution in [0, 0.1) is 0 Å². The van der Waals surface area contributed by atoms with Crippen molar-refractivity contribution in [2.24, 2.45) is 0 Å². The van der Waals surface area contributed by atoms with Crippen molar-refractivity contribution in [1.29, 1.82) is 0 Å². The maximum absolute atomic E-state index is 9.99. The Balaban J connectivity index is 2.20. The van der Waals surface area contributed by atoms with Crippen molar-refractivity contribution in [3.8, 4) is 5.75 Å². The fourth-order valence-corrected chi connectivity index (χ4v) is 5.13. The van der Waals surface area contributed by atoms with Gasteiger partial charge >= 0.3 is 138 Å². The van der Waals surface area contributed by atoms with Gasteiger partial charge in [-0.15, -0.1) is 0 Å². The third-order valence-corrected chi connectivity index (χ3v) is 6.02. The summed E-state index contributed by atoms with van der Waals surface area (Å²) in [4.78, 5) is 0. The quantitative estimate of drug-likeness (QED) is 0.767. The minimum absolute atomic E-state index is 0.0629. The number of aliphatic hydroxyl groups excluding tert-OH is 1. The van der Waals surface area contributed by atoms with Crippen LogP contribution in [0.25, 0.3) is 0 Å². The summed E-state index contributed by atoms with van der Waals surface area (Å²) in [5.74, 6) is 0.848. The molecule has 2 aromatic rings.